The molecule has 1 atom stereocenters. The van der Waals surface area contributed by atoms with Crippen LogP contribution in [0.4, 0.5) is 15.8 Å². The number of hydrogen-bond donors (Lipinski definition) is 1. The predicted octanol–water partition coefficient (Wildman–Crippen LogP) is 3.04. The zero-order valence-corrected chi connectivity index (χ0v) is 15.1. The molecule has 0 aromatic heterocycles. The molecule has 0 radical (unpaired) electrons. The van der Waals surface area contributed by atoms with Crippen LogP contribution in [-0.4, -0.2) is 26.0 Å². The van der Waals surface area contributed by atoms with Crippen LogP contribution in [0.25, 0.3) is 0 Å². The Morgan fingerprint density at radius 3 is 2.42 bits per heavy atom. The van der Waals surface area contributed by atoms with Gasteiger partial charge in [0.15, 0.2) is 0 Å². The van der Waals surface area contributed by atoms with Crippen molar-refractivity contribution >= 4 is 44.8 Å². The van der Waals surface area contributed by atoms with Crippen LogP contribution in [0.15, 0.2) is 42.5 Å². The minimum Gasteiger partial charge on any atom is -0.322 e. The first kappa shape index (κ1) is 18.3. The number of nitrogens with one attached hydrogen (secondary N) is 1. The zero-order valence-electron chi connectivity index (χ0n) is 13.6. The smallest absolute Gasteiger partial charge is 0.257 e. The normalized spacial score (nSPS) is 18.8. The van der Waals surface area contributed by atoms with Gasteiger partial charge in [-0.15, -0.1) is 0 Å². The Morgan fingerprint density at radius 2 is 1.88 bits per heavy atom. The summed E-state index contributed by atoms with van der Waals surface area (Å²) < 4.78 is 37.9. The number of halogens is 2. The lowest BCUT2D eigenvalue weighted by atomic mass is 10.1. The summed E-state index contributed by atoms with van der Waals surface area (Å²) in [7, 11) is -3.75. The van der Waals surface area contributed by atoms with E-state index in [4.69, 9.17) is 11.6 Å². The van der Waals surface area contributed by atoms with Crippen LogP contribution in [0, 0.1) is 11.7 Å². The first-order chi connectivity index (χ1) is 12.2. The van der Waals surface area contributed by atoms with Crippen LogP contribution in [0.1, 0.15) is 17.3 Å². The van der Waals surface area contributed by atoms with Crippen LogP contribution >= 0.6 is 11.6 Å². The number of sulfonamides is 1. The maximum atomic E-state index is 12.9. The van der Waals surface area contributed by atoms with Gasteiger partial charge in [-0.1, -0.05) is 18.5 Å². The van der Waals surface area contributed by atoms with E-state index in [2.05, 4.69) is 5.32 Å². The van der Waals surface area contributed by atoms with Crippen molar-refractivity contribution in [3.05, 3.63) is 58.9 Å². The van der Waals surface area contributed by atoms with Crippen molar-refractivity contribution in [2.45, 2.75) is 6.92 Å². The first-order valence-corrected chi connectivity index (χ1v) is 9.61. The van der Waals surface area contributed by atoms with Crippen molar-refractivity contribution in [3.63, 3.8) is 0 Å². The highest BCUT2D eigenvalue weighted by Crippen LogP contribution is 2.31. The van der Waals surface area contributed by atoms with E-state index < -0.39 is 33.6 Å². The number of carbonyl (C=O) groups is 2. The van der Waals surface area contributed by atoms with E-state index >= 15 is 0 Å². The molecule has 2 aromatic rings. The lowest BCUT2D eigenvalue weighted by Crippen LogP contribution is -2.30. The molecule has 1 aliphatic rings. The highest BCUT2D eigenvalue weighted by molar-refractivity contribution is 7.94. The van der Waals surface area contributed by atoms with Crippen molar-refractivity contribution in [1.82, 2.24) is 0 Å². The Kier molecular flexibility index (Phi) is 4.72. The van der Waals surface area contributed by atoms with E-state index in [1.807, 2.05) is 0 Å². The second-order valence-electron chi connectivity index (χ2n) is 5.91. The third kappa shape index (κ3) is 3.42. The highest BCUT2D eigenvalue weighted by atomic mass is 35.5. The molecule has 2 amide bonds. The van der Waals surface area contributed by atoms with Crippen LogP contribution in [-0.2, 0) is 14.8 Å². The summed E-state index contributed by atoms with van der Waals surface area (Å²) in [5.74, 6) is -2.42. The van der Waals surface area contributed by atoms with Gasteiger partial charge in [0.2, 0.25) is 15.9 Å². The third-order valence-electron chi connectivity index (χ3n) is 3.89. The molecule has 2 aromatic carbocycles. The fraction of sp³-hybridized carbons (Fsp3) is 0.176. The van der Waals surface area contributed by atoms with Crippen molar-refractivity contribution in [2.24, 2.45) is 5.92 Å². The topological polar surface area (TPSA) is 83.6 Å². The minimum absolute atomic E-state index is 0.00957. The van der Waals surface area contributed by atoms with Crippen molar-refractivity contribution in [2.75, 3.05) is 15.4 Å². The fourth-order valence-corrected chi connectivity index (χ4v) is 4.71. The van der Waals surface area contributed by atoms with E-state index in [-0.39, 0.29) is 22.0 Å². The molecule has 9 heteroatoms. The van der Waals surface area contributed by atoms with Gasteiger partial charge in [0.25, 0.3) is 5.91 Å². The Labute approximate surface area is 154 Å². The van der Waals surface area contributed by atoms with E-state index in [0.717, 1.165) is 0 Å². The molecular weight excluding hydrogens is 383 g/mol. The standard InChI is InChI=1S/C17H14ClFN2O4S/c1-10-9-26(24,25)21(17(10)23)13-6-7-14(15(18)8-13)16(22)20-12-4-2-11(19)3-5-12/h2-8,10H,9H2,1H3,(H,20,22). The monoisotopic (exact) mass is 396 g/mol. The Balaban J connectivity index is 1.87. The highest BCUT2D eigenvalue weighted by Gasteiger charge is 2.42. The average Bonchev–Trinajstić information content (AvgIpc) is 2.77. The van der Waals surface area contributed by atoms with Gasteiger partial charge >= 0.3 is 0 Å². The summed E-state index contributed by atoms with van der Waals surface area (Å²) in [4.78, 5) is 24.4. The van der Waals surface area contributed by atoms with Gasteiger partial charge in [-0.3, -0.25) is 9.59 Å². The summed E-state index contributed by atoms with van der Waals surface area (Å²) >= 11 is 6.12. The van der Waals surface area contributed by atoms with Gasteiger partial charge in [-0.25, -0.2) is 17.1 Å². The molecule has 1 aliphatic heterocycles. The number of rotatable bonds is 3. The van der Waals surface area contributed by atoms with Crippen molar-refractivity contribution in [1.29, 1.82) is 0 Å². The molecule has 26 heavy (non-hydrogen) atoms. The van der Waals surface area contributed by atoms with Crippen LogP contribution in [0.5, 0.6) is 0 Å². The second kappa shape index (κ2) is 6.69. The van der Waals surface area contributed by atoms with Gasteiger partial charge in [0.1, 0.15) is 5.82 Å². The van der Waals surface area contributed by atoms with Crippen LogP contribution in [0.3, 0.4) is 0 Å². The van der Waals surface area contributed by atoms with Crippen molar-refractivity contribution in [3.8, 4) is 0 Å². The maximum Gasteiger partial charge on any atom is 0.257 e. The fourth-order valence-electron chi connectivity index (χ4n) is 2.63. The number of benzene rings is 2. The predicted molar refractivity (Wildman–Crippen MR) is 96.2 cm³/mol. The number of anilines is 2. The molecular formula is C17H14ClFN2O4S. The Bertz CT molecular complexity index is 992. The minimum atomic E-state index is -3.75. The lowest BCUT2D eigenvalue weighted by Gasteiger charge is -2.16. The van der Waals surface area contributed by atoms with Gasteiger partial charge in [0.05, 0.1) is 27.9 Å². The molecule has 0 bridgehead atoms. The van der Waals surface area contributed by atoms with Crippen LogP contribution < -0.4 is 9.62 Å². The number of hydrogen-bond acceptors (Lipinski definition) is 4. The van der Waals surface area contributed by atoms with Gasteiger partial charge in [-0.05, 0) is 42.5 Å². The molecule has 0 spiro atoms. The van der Waals surface area contributed by atoms with Crippen molar-refractivity contribution < 1.29 is 22.4 Å². The molecule has 136 valence electrons. The summed E-state index contributed by atoms with van der Waals surface area (Å²) in [5, 5.41) is 2.55. The summed E-state index contributed by atoms with van der Waals surface area (Å²) in [5.41, 5.74) is 0.558. The van der Waals surface area contributed by atoms with E-state index in [0.29, 0.717) is 9.99 Å². The summed E-state index contributed by atoms with van der Waals surface area (Å²) in [6.07, 6.45) is 0. The number of nitrogens with zero attached hydrogens (tertiary/aromatic N) is 1. The molecule has 3 rings (SSSR count). The lowest BCUT2D eigenvalue weighted by molar-refractivity contribution is -0.119. The largest absolute Gasteiger partial charge is 0.322 e. The molecule has 0 saturated carbocycles. The number of amides is 2. The molecule has 1 heterocycles. The quantitative estimate of drug-likeness (QED) is 0.864. The third-order valence-corrected chi connectivity index (χ3v) is 6.08. The summed E-state index contributed by atoms with van der Waals surface area (Å²) in [6, 6.07) is 9.13. The van der Waals surface area contributed by atoms with E-state index in [9.17, 15) is 22.4 Å². The molecule has 1 saturated heterocycles. The molecule has 1 unspecified atom stereocenters. The Hall–Kier alpha value is -2.45. The summed E-state index contributed by atoms with van der Waals surface area (Å²) in [6.45, 7) is 1.53. The molecule has 0 aliphatic carbocycles. The average molecular weight is 397 g/mol. The van der Waals surface area contributed by atoms with Crippen LogP contribution in [0.2, 0.25) is 5.02 Å². The van der Waals surface area contributed by atoms with E-state index in [1.54, 1.807) is 0 Å². The Morgan fingerprint density at radius 1 is 1.23 bits per heavy atom. The number of carbonyl (C=O) groups excluding carboxylic acids is 2. The zero-order chi connectivity index (χ0) is 19.1. The first-order valence-electron chi connectivity index (χ1n) is 7.62. The molecule has 1 N–H and O–H groups in total. The van der Waals surface area contributed by atoms with E-state index in [1.165, 1.54) is 49.4 Å². The molecule has 6 nitrogen and oxygen atoms in total. The van der Waals surface area contributed by atoms with Gasteiger partial charge in [0, 0.05) is 5.69 Å². The second-order valence-corrected chi connectivity index (χ2v) is 8.18. The van der Waals surface area contributed by atoms with Gasteiger partial charge in [-0.2, -0.15) is 0 Å². The maximum absolute atomic E-state index is 12.9. The molecule has 1 fully saturated rings. The van der Waals surface area contributed by atoms with Gasteiger partial charge < -0.3 is 5.32 Å². The SMILES string of the molecule is CC1CS(=O)(=O)N(c2ccc(C(=O)Nc3ccc(F)cc3)c(Cl)c2)C1=O.